The summed E-state index contributed by atoms with van der Waals surface area (Å²) < 4.78 is 0. The standard InChI is InChI=1S/C11H17N3O/c1-11(2)6-4-3-5-7-8(11)13-10(12)14-9(7)15/h3-6H2,1-2H3,(H3,12,13,14,15). The highest BCUT2D eigenvalue weighted by molar-refractivity contribution is 5.39. The number of aromatic hydroxyl groups is 1. The Morgan fingerprint density at radius 2 is 2.00 bits per heavy atom. The van der Waals surface area contributed by atoms with Crippen LogP contribution >= 0.6 is 0 Å². The van der Waals surface area contributed by atoms with Gasteiger partial charge in [0.1, 0.15) is 0 Å². The van der Waals surface area contributed by atoms with E-state index in [1.807, 2.05) is 0 Å². The molecule has 2 rings (SSSR count). The lowest BCUT2D eigenvalue weighted by molar-refractivity contribution is 0.432. The average molecular weight is 207 g/mol. The van der Waals surface area contributed by atoms with E-state index in [1.54, 1.807) is 0 Å². The van der Waals surface area contributed by atoms with Crippen molar-refractivity contribution in [3.63, 3.8) is 0 Å². The number of nitrogen functional groups attached to an aromatic ring is 1. The molecule has 1 aliphatic carbocycles. The van der Waals surface area contributed by atoms with Crippen LogP contribution in [0.2, 0.25) is 0 Å². The van der Waals surface area contributed by atoms with E-state index in [1.165, 1.54) is 0 Å². The highest BCUT2D eigenvalue weighted by Crippen LogP contribution is 2.37. The maximum atomic E-state index is 9.76. The molecule has 4 heteroatoms. The van der Waals surface area contributed by atoms with Crippen LogP contribution in [0.25, 0.3) is 0 Å². The van der Waals surface area contributed by atoms with E-state index >= 15 is 0 Å². The fourth-order valence-electron chi connectivity index (χ4n) is 2.27. The molecular weight excluding hydrogens is 190 g/mol. The van der Waals surface area contributed by atoms with Crippen LogP contribution in [0, 0.1) is 0 Å². The first-order chi connectivity index (χ1) is 7.00. The van der Waals surface area contributed by atoms with E-state index < -0.39 is 0 Å². The molecule has 0 unspecified atom stereocenters. The number of fused-ring (bicyclic) bond motifs is 1. The molecule has 1 aromatic rings. The second-order valence-electron chi connectivity index (χ2n) is 4.82. The van der Waals surface area contributed by atoms with Gasteiger partial charge in [0.2, 0.25) is 11.8 Å². The van der Waals surface area contributed by atoms with Crippen molar-refractivity contribution >= 4 is 5.95 Å². The molecule has 0 aliphatic heterocycles. The van der Waals surface area contributed by atoms with E-state index in [9.17, 15) is 5.11 Å². The van der Waals surface area contributed by atoms with E-state index in [-0.39, 0.29) is 17.2 Å². The predicted octanol–water partition coefficient (Wildman–Crippen LogP) is 1.77. The van der Waals surface area contributed by atoms with E-state index in [0.717, 1.165) is 36.9 Å². The van der Waals surface area contributed by atoms with Crippen LogP contribution in [0.3, 0.4) is 0 Å². The summed E-state index contributed by atoms with van der Waals surface area (Å²) in [4.78, 5) is 8.11. The second-order valence-corrected chi connectivity index (χ2v) is 4.82. The Kier molecular flexibility index (Phi) is 2.29. The highest BCUT2D eigenvalue weighted by Gasteiger charge is 2.29. The van der Waals surface area contributed by atoms with Crippen LogP contribution in [0.4, 0.5) is 5.95 Å². The van der Waals surface area contributed by atoms with Crippen molar-refractivity contribution in [3.05, 3.63) is 11.3 Å². The molecule has 3 N–H and O–H groups in total. The van der Waals surface area contributed by atoms with Gasteiger partial charge in [0, 0.05) is 11.0 Å². The molecule has 0 radical (unpaired) electrons. The average Bonchev–Trinajstić information content (AvgIpc) is 2.26. The molecule has 0 saturated carbocycles. The lowest BCUT2D eigenvalue weighted by atomic mass is 9.84. The molecule has 0 fully saturated rings. The van der Waals surface area contributed by atoms with Crippen LogP contribution in [0.15, 0.2) is 0 Å². The molecule has 15 heavy (non-hydrogen) atoms. The Bertz CT molecular complexity index is 388. The zero-order valence-corrected chi connectivity index (χ0v) is 9.25. The Labute approximate surface area is 89.6 Å². The van der Waals surface area contributed by atoms with E-state index in [4.69, 9.17) is 5.73 Å². The topological polar surface area (TPSA) is 72.0 Å². The molecule has 0 spiro atoms. The van der Waals surface area contributed by atoms with Gasteiger partial charge in [-0.25, -0.2) is 4.98 Å². The van der Waals surface area contributed by atoms with Crippen LogP contribution < -0.4 is 5.73 Å². The van der Waals surface area contributed by atoms with Crippen molar-refractivity contribution < 1.29 is 5.11 Å². The van der Waals surface area contributed by atoms with Gasteiger partial charge in [0.05, 0.1) is 5.69 Å². The largest absolute Gasteiger partial charge is 0.493 e. The zero-order valence-electron chi connectivity index (χ0n) is 9.25. The third kappa shape index (κ3) is 1.76. The molecule has 0 saturated heterocycles. The summed E-state index contributed by atoms with van der Waals surface area (Å²) in [6, 6.07) is 0. The third-order valence-electron chi connectivity index (χ3n) is 3.12. The van der Waals surface area contributed by atoms with Gasteiger partial charge in [-0.2, -0.15) is 4.98 Å². The maximum absolute atomic E-state index is 9.76. The Morgan fingerprint density at radius 1 is 1.27 bits per heavy atom. The number of hydrogen-bond acceptors (Lipinski definition) is 4. The number of rotatable bonds is 0. The minimum absolute atomic E-state index is 0.0135. The van der Waals surface area contributed by atoms with Crippen LogP contribution in [0.5, 0.6) is 5.88 Å². The van der Waals surface area contributed by atoms with Gasteiger partial charge in [-0.05, 0) is 19.3 Å². The van der Waals surface area contributed by atoms with Gasteiger partial charge in [0.15, 0.2) is 0 Å². The smallest absolute Gasteiger partial charge is 0.223 e. The normalized spacial score (nSPS) is 19.3. The fourth-order valence-corrected chi connectivity index (χ4v) is 2.27. The minimum Gasteiger partial charge on any atom is -0.493 e. The summed E-state index contributed by atoms with van der Waals surface area (Å²) in [6.07, 6.45) is 4.17. The second kappa shape index (κ2) is 3.36. The first kappa shape index (κ1) is 10.2. The van der Waals surface area contributed by atoms with Crippen molar-refractivity contribution in [2.45, 2.75) is 44.9 Å². The number of aromatic nitrogens is 2. The number of nitrogens with zero attached hydrogens (tertiary/aromatic N) is 2. The summed E-state index contributed by atoms with van der Waals surface area (Å²) >= 11 is 0. The molecule has 1 heterocycles. The van der Waals surface area contributed by atoms with Crippen molar-refractivity contribution in [3.8, 4) is 5.88 Å². The minimum atomic E-state index is -0.0135. The van der Waals surface area contributed by atoms with E-state index in [0.29, 0.717) is 0 Å². The molecule has 4 nitrogen and oxygen atoms in total. The fraction of sp³-hybridized carbons (Fsp3) is 0.636. The van der Waals surface area contributed by atoms with Gasteiger partial charge in [0.25, 0.3) is 0 Å². The molecule has 82 valence electrons. The molecule has 0 atom stereocenters. The van der Waals surface area contributed by atoms with Crippen molar-refractivity contribution in [2.24, 2.45) is 0 Å². The number of nitrogens with two attached hydrogens (primary N) is 1. The summed E-state index contributed by atoms with van der Waals surface area (Å²) in [7, 11) is 0. The first-order valence-corrected chi connectivity index (χ1v) is 5.36. The van der Waals surface area contributed by atoms with Crippen molar-refractivity contribution in [1.82, 2.24) is 9.97 Å². The zero-order chi connectivity index (χ0) is 11.1. The Hall–Kier alpha value is -1.32. The van der Waals surface area contributed by atoms with Gasteiger partial charge in [-0.15, -0.1) is 0 Å². The van der Waals surface area contributed by atoms with Crippen LogP contribution in [-0.4, -0.2) is 15.1 Å². The molecular formula is C11H17N3O. The SMILES string of the molecule is CC1(C)CCCCc2c(O)nc(N)nc21. The van der Waals surface area contributed by atoms with Gasteiger partial charge < -0.3 is 10.8 Å². The number of hydrogen-bond donors (Lipinski definition) is 2. The summed E-state index contributed by atoms with van der Waals surface area (Å²) in [6.45, 7) is 4.28. The van der Waals surface area contributed by atoms with Crippen molar-refractivity contribution in [1.29, 1.82) is 0 Å². The summed E-state index contributed by atoms with van der Waals surface area (Å²) in [5, 5.41) is 9.76. The van der Waals surface area contributed by atoms with Crippen molar-refractivity contribution in [2.75, 3.05) is 5.73 Å². The highest BCUT2D eigenvalue weighted by atomic mass is 16.3. The molecule has 0 aromatic carbocycles. The van der Waals surface area contributed by atoms with Gasteiger partial charge in [-0.1, -0.05) is 20.3 Å². The predicted molar refractivity (Wildman–Crippen MR) is 58.7 cm³/mol. The van der Waals surface area contributed by atoms with E-state index in [2.05, 4.69) is 23.8 Å². The lowest BCUT2D eigenvalue weighted by Crippen LogP contribution is -2.20. The Morgan fingerprint density at radius 3 is 2.73 bits per heavy atom. The molecule has 0 amide bonds. The summed E-state index contributed by atoms with van der Waals surface area (Å²) in [5.74, 6) is 0.230. The quantitative estimate of drug-likeness (QED) is 0.636. The molecule has 1 aliphatic rings. The molecule has 1 aromatic heterocycles. The number of anilines is 1. The van der Waals surface area contributed by atoms with Crippen LogP contribution in [0.1, 0.15) is 44.4 Å². The van der Waals surface area contributed by atoms with Crippen LogP contribution in [-0.2, 0) is 11.8 Å². The Balaban J connectivity index is 2.61. The van der Waals surface area contributed by atoms with Gasteiger partial charge in [-0.3, -0.25) is 0 Å². The third-order valence-corrected chi connectivity index (χ3v) is 3.12. The lowest BCUT2D eigenvalue weighted by Gasteiger charge is -2.24. The monoisotopic (exact) mass is 207 g/mol. The molecule has 0 bridgehead atoms. The maximum Gasteiger partial charge on any atom is 0.223 e. The van der Waals surface area contributed by atoms with Gasteiger partial charge >= 0.3 is 0 Å². The summed E-state index contributed by atoms with van der Waals surface area (Å²) in [5.41, 5.74) is 7.36. The first-order valence-electron chi connectivity index (χ1n) is 5.36.